The molecule has 6 nitrogen and oxygen atoms in total. The lowest BCUT2D eigenvalue weighted by Crippen LogP contribution is -2.42. The van der Waals surface area contributed by atoms with Crippen LogP contribution in [0.1, 0.15) is 18.9 Å². The highest BCUT2D eigenvalue weighted by atomic mass is 32.2. The highest BCUT2D eigenvalue weighted by Gasteiger charge is 2.27. The van der Waals surface area contributed by atoms with Crippen LogP contribution >= 0.6 is 0 Å². The Bertz CT molecular complexity index is 829. The average molecular weight is 307 g/mol. The third kappa shape index (κ3) is 2.71. The fourth-order valence-corrected chi connectivity index (χ4v) is 3.70. The summed E-state index contributed by atoms with van der Waals surface area (Å²) in [6.07, 6.45) is 4.26. The van der Waals surface area contributed by atoms with Crippen LogP contribution in [0.4, 0.5) is 0 Å². The predicted octanol–water partition coefficient (Wildman–Crippen LogP) is 0.993. The molecular weight excluding hydrogens is 290 g/mol. The minimum atomic E-state index is -3.22. The van der Waals surface area contributed by atoms with E-state index in [0.29, 0.717) is 24.0 Å². The van der Waals surface area contributed by atoms with E-state index in [0.717, 1.165) is 12.8 Å². The van der Waals surface area contributed by atoms with Crippen LogP contribution in [0.3, 0.4) is 0 Å². The van der Waals surface area contributed by atoms with Gasteiger partial charge >= 0.3 is 0 Å². The molecule has 1 fully saturated rings. The average Bonchev–Trinajstić information content (AvgIpc) is 2.47. The quantitative estimate of drug-likeness (QED) is 0.829. The largest absolute Gasteiger partial charge is 0.294 e. The number of hydrogen-bond donors (Lipinski definition) is 0. The van der Waals surface area contributed by atoms with Crippen LogP contribution in [-0.2, 0) is 10.0 Å². The minimum Gasteiger partial charge on any atom is -0.294 e. The fourth-order valence-electron chi connectivity index (χ4n) is 2.79. The lowest BCUT2D eigenvalue weighted by molar-refractivity contribution is 0.263. The van der Waals surface area contributed by atoms with Crippen LogP contribution < -0.4 is 5.56 Å². The molecule has 7 heteroatoms. The number of benzene rings is 1. The first-order chi connectivity index (χ1) is 9.97. The lowest BCUT2D eigenvalue weighted by atomic mass is 10.1. The number of hydrogen-bond acceptors (Lipinski definition) is 4. The van der Waals surface area contributed by atoms with Gasteiger partial charge in [-0.15, -0.1) is 0 Å². The summed E-state index contributed by atoms with van der Waals surface area (Å²) in [4.78, 5) is 16.8. The molecular formula is C14H17N3O3S. The number of nitrogens with zero attached hydrogens (tertiary/aromatic N) is 3. The third-order valence-corrected chi connectivity index (χ3v) is 5.18. The van der Waals surface area contributed by atoms with Gasteiger partial charge in [-0.2, -0.15) is 0 Å². The molecule has 0 saturated carbocycles. The Balaban J connectivity index is 2.01. The third-order valence-electron chi connectivity index (χ3n) is 3.91. The van der Waals surface area contributed by atoms with Crippen molar-refractivity contribution in [2.45, 2.75) is 18.9 Å². The van der Waals surface area contributed by atoms with Crippen LogP contribution in [0.5, 0.6) is 0 Å². The summed E-state index contributed by atoms with van der Waals surface area (Å²) in [6, 6.07) is 7.03. The molecule has 3 rings (SSSR count). The van der Waals surface area contributed by atoms with Gasteiger partial charge in [0.25, 0.3) is 5.56 Å². The maximum Gasteiger partial charge on any atom is 0.261 e. The van der Waals surface area contributed by atoms with Gasteiger partial charge in [-0.1, -0.05) is 12.1 Å². The molecule has 0 spiro atoms. The highest BCUT2D eigenvalue weighted by Crippen LogP contribution is 2.22. The van der Waals surface area contributed by atoms with Crippen molar-refractivity contribution in [2.75, 3.05) is 19.3 Å². The Morgan fingerprint density at radius 1 is 1.29 bits per heavy atom. The van der Waals surface area contributed by atoms with Gasteiger partial charge in [-0.25, -0.2) is 17.7 Å². The van der Waals surface area contributed by atoms with E-state index in [-0.39, 0.29) is 11.6 Å². The van der Waals surface area contributed by atoms with E-state index in [4.69, 9.17) is 0 Å². The molecule has 0 unspecified atom stereocenters. The van der Waals surface area contributed by atoms with Crippen molar-refractivity contribution in [1.82, 2.24) is 13.9 Å². The Hall–Kier alpha value is -1.73. The lowest BCUT2D eigenvalue weighted by Gasteiger charge is -2.31. The van der Waals surface area contributed by atoms with Gasteiger partial charge in [0.05, 0.1) is 29.5 Å². The van der Waals surface area contributed by atoms with Crippen molar-refractivity contribution < 1.29 is 8.42 Å². The van der Waals surface area contributed by atoms with E-state index in [2.05, 4.69) is 4.98 Å². The first kappa shape index (κ1) is 14.2. The summed E-state index contributed by atoms with van der Waals surface area (Å²) in [7, 11) is -3.22. The van der Waals surface area contributed by atoms with Crippen molar-refractivity contribution in [3.8, 4) is 0 Å². The predicted molar refractivity (Wildman–Crippen MR) is 80.7 cm³/mol. The number of rotatable bonds is 2. The molecule has 112 valence electrons. The van der Waals surface area contributed by atoms with Gasteiger partial charge < -0.3 is 0 Å². The summed E-state index contributed by atoms with van der Waals surface area (Å²) in [6.45, 7) is 0.851. The number of piperidine rings is 1. The minimum absolute atomic E-state index is 0.110. The maximum atomic E-state index is 12.5. The molecule has 0 amide bonds. The summed E-state index contributed by atoms with van der Waals surface area (Å²) in [5.74, 6) is 0. The second-order valence-electron chi connectivity index (χ2n) is 5.39. The molecule has 1 saturated heterocycles. The molecule has 1 atom stereocenters. The zero-order valence-corrected chi connectivity index (χ0v) is 12.6. The van der Waals surface area contributed by atoms with E-state index in [1.807, 2.05) is 6.07 Å². The van der Waals surface area contributed by atoms with Crippen molar-refractivity contribution in [3.05, 3.63) is 40.9 Å². The highest BCUT2D eigenvalue weighted by molar-refractivity contribution is 7.88. The molecule has 0 radical (unpaired) electrons. The van der Waals surface area contributed by atoms with Gasteiger partial charge in [0.15, 0.2) is 0 Å². The van der Waals surface area contributed by atoms with E-state index < -0.39 is 10.0 Å². The Labute approximate surface area is 123 Å². The second kappa shape index (κ2) is 5.23. The number of para-hydroxylation sites is 1. The normalized spacial score (nSPS) is 20.7. The van der Waals surface area contributed by atoms with Crippen molar-refractivity contribution >= 4 is 20.9 Å². The second-order valence-corrected chi connectivity index (χ2v) is 7.37. The number of aromatic nitrogens is 2. The Kier molecular flexibility index (Phi) is 3.54. The topological polar surface area (TPSA) is 72.3 Å². The molecule has 1 aliphatic heterocycles. The maximum absolute atomic E-state index is 12.5. The molecule has 1 aromatic carbocycles. The van der Waals surface area contributed by atoms with Gasteiger partial charge in [-0.05, 0) is 25.0 Å². The van der Waals surface area contributed by atoms with Crippen molar-refractivity contribution in [1.29, 1.82) is 0 Å². The van der Waals surface area contributed by atoms with Gasteiger partial charge in [0.1, 0.15) is 0 Å². The zero-order valence-electron chi connectivity index (χ0n) is 11.8. The molecule has 1 aliphatic rings. The van der Waals surface area contributed by atoms with Gasteiger partial charge in [0.2, 0.25) is 10.0 Å². The van der Waals surface area contributed by atoms with E-state index in [9.17, 15) is 13.2 Å². The zero-order chi connectivity index (χ0) is 15.0. The first-order valence-electron chi connectivity index (χ1n) is 6.88. The standard InChI is InChI=1S/C14H17N3O3S/c1-21(19,20)16-8-4-5-11(9-16)17-10-15-13-7-3-2-6-12(13)14(17)18/h2-3,6-7,10-11H,4-5,8-9H2,1H3/t11-/m1/s1. The van der Waals surface area contributed by atoms with Crippen LogP contribution in [-0.4, -0.2) is 41.6 Å². The molecule has 0 N–H and O–H groups in total. The smallest absolute Gasteiger partial charge is 0.261 e. The van der Waals surface area contributed by atoms with Crippen LogP contribution in [0, 0.1) is 0 Å². The summed E-state index contributed by atoms with van der Waals surface area (Å²) in [5, 5.41) is 0.566. The molecule has 21 heavy (non-hydrogen) atoms. The van der Waals surface area contributed by atoms with E-state index >= 15 is 0 Å². The first-order valence-corrected chi connectivity index (χ1v) is 8.72. The molecule has 0 bridgehead atoms. The molecule has 1 aromatic heterocycles. The van der Waals surface area contributed by atoms with Crippen molar-refractivity contribution in [3.63, 3.8) is 0 Å². The Morgan fingerprint density at radius 3 is 2.81 bits per heavy atom. The van der Waals surface area contributed by atoms with Crippen LogP contribution in [0.15, 0.2) is 35.4 Å². The summed E-state index contributed by atoms with van der Waals surface area (Å²) >= 11 is 0. The molecule has 2 aromatic rings. The SMILES string of the molecule is CS(=O)(=O)N1CCC[C@@H](n2cnc3ccccc3c2=O)C1. The number of sulfonamides is 1. The van der Waals surface area contributed by atoms with Gasteiger partial charge in [0, 0.05) is 13.1 Å². The van der Waals surface area contributed by atoms with Crippen molar-refractivity contribution in [2.24, 2.45) is 0 Å². The monoisotopic (exact) mass is 307 g/mol. The molecule has 0 aliphatic carbocycles. The summed E-state index contributed by atoms with van der Waals surface area (Å²) < 4.78 is 26.4. The fraction of sp³-hybridized carbons (Fsp3) is 0.429. The van der Waals surface area contributed by atoms with E-state index in [1.165, 1.54) is 16.9 Å². The molecule has 2 heterocycles. The number of fused-ring (bicyclic) bond motifs is 1. The van der Waals surface area contributed by atoms with Crippen LogP contribution in [0.2, 0.25) is 0 Å². The van der Waals surface area contributed by atoms with Gasteiger partial charge in [-0.3, -0.25) is 9.36 Å². The van der Waals surface area contributed by atoms with E-state index in [1.54, 1.807) is 22.8 Å². The summed E-state index contributed by atoms with van der Waals surface area (Å²) in [5.41, 5.74) is 0.551. The Morgan fingerprint density at radius 2 is 2.05 bits per heavy atom. The van der Waals surface area contributed by atoms with Crippen LogP contribution in [0.25, 0.3) is 10.9 Å².